The Morgan fingerprint density at radius 1 is 1.06 bits per heavy atom. The van der Waals surface area contributed by atoms with Crippen LogP contribution >= 0.6 is 27.7 Å². The second-order valence-corrected chi connectivity index (χ2v) is 5.34. The van der Waals surface area contributed by atoms with Gasteiger partial charge in [-0.15, -0.1) is 11.8 Å². The fourth-order valence-electron chi connectivity index (χ4n) is 1.38. The van der Waals surface area contributed by atoms with Crippen LogP contribution in [0.25, 0.3) is 0 Å². The van der Waals surface area contributed by atoms with Gasteiger partial charge in [-0.25, -0.2) is 4.39 Å². The Kier molecular flexibility index (Phi) is 4.02. The van der Waals surface area contributed by atoms with Crippen molar-refractivity contribution in [3.05, 3.63) is 64.4 Å². The van der Waals surface area contributed by atoms with Crippen LogP contribution in [-0.2, 0) is 5.75 Å². The quantitative estimate of drug-likeness (QED) is 0.728. The van der Waals surface area contributed by atoms with E-state index in [0.29, 0.717) is 0 Å². The van der Waals surface area contributed by atoms with E-state index in [1.54, 1.807) is 17.8 Å². The average molecular weight is 297 g/mol. The van der Waals surface area contributed by atoms with E-state index in [4.69, 9.17) is 0 Å². The minimum absolute atomic E-state index is 0.196. The minimum atomic E-state index is -0.196. The highest BCUT2D eigenvalue weighted by Crippen LogP contribution is 2.24. The summed E-state index contributed by atoms with van der Waals surface area (Å²) in [6.07, 6.45) is 0. The second-order valence-electron chi connectivity index (χ2n) is 3.38. The minimum Gasteiger partial charge on any atom is -0.207 e. The first-order valence-corrected chi connectivity index (χ1v) is 6.65. The Hall–Kier alpha value is -0.800. The van der Waals surface area contributed by atoms with Gasteiger partial charge in [0.25, 0.3) is 0 Å². The molecule has 0 radical (unpaired) electrons. The molecule has 0 aliphatic heterocycles. The van der Waals surface area contributed by atoms with Crippen molar-refractivity contribution in [2.75, 3.05) is 0 Å². The molecule has 0 unspecified atom stereocenters. The standard InChI is InChI=1S/C13H10BrFS/c14-11-6-10(7-12(15)8-11)9-16-13-4-2-1-3-5-13/h1-8H,9H2. The average Bonchev–Trinajstić information content (AvgIpc) is 2.27. The largest absolute Gasteiger partial charge is 0.207 e. The smallest absolute Gasteiger partial charge is 0.124 e. The first-order valence-electron chi connectivity index (χ1n) is 4.87. The monoisotopic (exact) mass is 296 g/mol. The van der Waals surface area contributed by atoms with E-state index in [-0.39, 0.29) is 5.82 Å². The molecule has 0 aliphatic carbocycles. The zero-order valence-electron chi connectivity index (χ0n) is 8.49. The lowest BCUT2D eigenvalue weighted by Crippen LogP contribution is -1.83. The van der Waals surface area contributed by atoms with Gasteiger partial charge in [0.05, 0.1) is 0 Å². The predicted molar refractivity (Wildman–Crippen MR) is 70.1 cm³/mol. The van der Waals surface area contributed by atoms with Crippen LogP contribution in [0.5, 0.6) is 0 Å². The summed E-state index contributed by atoms with van der Waals surface area (Å²) in [4.78, 5) is 1.20. The molecule has 0 saturated carbocycles. The van der Waals surface area contributed by atoms with Crippen molar-refractivity contribution in [2.24, 2.45) is 0 Å². The summed E-state index contributed by atoms with van der Waals surface area (Å²) in [6, 6.07) is 15.1. The molecular weight excluding hydrogens is 287 g/mol. The van der Waals surface area contributed by atoms with Crippen LogP contribution < -0.4 is 0 Å². The van der Waals surface area contributed by atoms with E-state index < -0.39 is 0 Å². The first kappa shape index (κ1) is 11.7. The number of rotatable bonds is 3. The van der Waals surface area contributed by atoms with Crippen molar-refractivity contribution in [2.45, 2.75) is 10.6 Å². The number of benzene rings is 2. The second kappa shape index (κ2) is 5.51. The van der Waals surface area contributed by atoms with Gasteiger partial charge in [-0.05, 0) is 35.9 Å². The summed E-state index contributed by atoms with van der Waals surface area (Å²) in [6.45, 7) is 0. The molecule has 82 valence electrons. The highest BCUT2D eigenvalue weighted by molar-refractivity contribution is 9.10. The summed E-state index contributed by atoms with van der Waals surface area (Å²) < 4.78 is 13.9. The number of hydrogen-bond acceptors (Lipinski definition) is 1. The van der Waals surface area contributed by atoms with Crippen LogP contribution in [0.2, 0.25) is 0 Å². The normalized spacial score (nSPS) is 10.4. The van der Waals surface area contributed by atoms with Crippen LogP contribution in [0, 0.1) is 5.82 Å². The van der Waals surface area contributed by atoms with Crippen LogP contribution in [0.15, 0.2) is 57.9 Å². The topological polar surface area (TPSA) is 0 Å². The molecule has 3 heteroatoms. The maximum Gasteiger partial charge on any atom is 0.124 e. The molecule has 0 atom stereocenters. The van der Waals surface area contributed by atoms with E-state index in [9.17, 15) is 4.39 Å². The lowest BCUT2D eigenvalue weighted by Gasteiger charge is -2.03. The Morgan fingerprint density at radius 2 is 1.81 bits per heavy atom. The molecule has 16 heavy (non-hydrogen) atoms. The Balaban J connectivity index is 2.05. The SMILES string of the molecule is Fc1cc(Br)cc(CSc2ccccc2)c1. The van der Waals surface area contributed by atoms with Crippen LogP contribution in [0.1, 0.15) is 5.56 Å². The molecule has 2 rings (SSSR count). The zero-order chi connectivity index (χ0) is 11.4. The van der Waals surface area contributed by atoms with Gasteiger partial charge in [0.15, 0.2) is 0 Å². The van der Waals surface area contributed by atoms with Gasteiger partial charge in [-0.1, -0.05) is 34.1 Å². The van der Waals surface area contributed by atoms with E-state index in [1.165, 1.54) is 11.0 Å². The summed E-state index contributed by atoms with van der Waals surface area (Å²) in [5.41, 5.74) is 0.987. The van der Waals surface area contributed by atoms with Gasteiger partial charge >= 0.3 is 0 Å². The fourth-order valence-corrected chi connectivity index (χ4v) is 2.74. The molecular formula is C13H10BrFS. The van der Waals surface area contributed by atoms with Gasteiger partial charge in [0.2, 0.25) is 0 Å². The van der Waals surface area contributed by atoms with E-state index in [0.717, 1.165) is 15.8 Å². The van der Waals surface area contributed by atoms with E-state index in [1.807, 2.05) is 24.3 Å². The summed E-state index contributed by atoms with van der Waals surface area (Å²) in [7, 11) is 0. The van der Waals surface area contributed by atoms with Crippen molar-refractivity contribution in [1.82, 2.24) is 0 Å². The fraction of sp³-hybridized carbons (Fsp3) is 0.0769. The van der Waals surface area contributed by atoms with Crippen molar-refractivity contribution in [3.8, 4) is 0 Å². The number of thioether (sulfide) groups is 1. The molecule has 0 heterocycles. The Labute approximate surface area is 107 Å². The Morgan fingerprint density at radius 3 is 2.50 bits per heavy atom. The number of halogens is 2. The molecule has 0 spiro atoms. The molecule has 0 amide bonds. The van der Waals surface area contributed by atoms with Gasteiger partial charge in [-0.2, -0.15) is 0 Å². The van der Waals surface area contributed by atoms with Crippen molar-refractivity contribution in [3.63, 3.8) is 0 Å². The molecule has 0 bridgehead atoms. The van der Waals surface area contributed by atoms with Gasteiger partial charge in [0.1, 0.15) is 5.82 Å². The summed E-state index contributed by atoms with van der Waals surface area (Å²) in [5, 5.41) is 0. The molecule has 0 fully saturated rings. The summed E-state index contributed by atoms with van der Waals surface area (Å²) in [5.74, 6) is 0.582. The highest BCUT2D eigenvalue weighted by atomic mass is 79.9. The third kappa shape index (κ3) is 3.35. The molecule has 0 saturated heterocycles. The van der Waals surface area contributed by atoms with Crippen LogP contribution in [0.3, 0.4) is 0 Å². The van der Waals surface area contributed by atoms with Gasteiger partial charge in [0, 0.05) is 15.1 Å². The zero-order valence-corrected chi connectivity index (χ0v) is 10.9. The molecule has 2 aromatic rings. The Bertz CT molecular complexity index is 450. The summed E-state index contributed by atoms with van der Waals surface area (Å²) >= 11 is 4.99. The lowest BCUT2D eigenvalue weighted by molar-refractivity contribution is 0.625. The maximum absolute atomic E-state index is 13.1. The van der Waals surface area contributed by atoms with Gasteiger partial charge in [-0.3, -0.25) is 0 Å². The molecule has 0 aromatic heterocycles. The molecule has 0 aliphatic rings. The third-order valence-electron chi connectivity index (χ3n) is 2.07. The van der Waals surface area contributed by atoms with E-state index in [2.05, 4.69) is 28.1 Å². The predicted octanol–water partition coefficient (Wildman–Crippen LogP) is 4.88. The lowest BCUT2D eigenvalue weighted by atomic mass is 10.2. The molecule has 2 aromatic carbocycles. The van der Waals surface area contributed by atoms with Gasteiger partial charge < -0.3 is 0 Å². The van der Waals surface area contributed by atoms with Crippen molar-refractivity contribution >= 4 is 27.7 Å². The van der Waals surface area contributed by atoms with Crippen molar-refractivity contribution < 1.29 is 4.39 Å². The molecule has 0 nitrogen and oxygen atoms in total. The highest BCUT2D eigenvalue weighted by Gasteiger charge is 2.00. The third-order valence-corrected chi connectivity index (χ3v) is 3.61. The number of hydrogen-bond donors (Lipinski definition) is 0. The van der Waals surface area contributed by atoms with Crippen molar-refractivity contribution in [1.29, 1.82) is 0 Å². The maximum atomic E-state index is 13.1. The first-order chi connectivity index (χ1) is 7.74. The molecule has 0 N–H and O–H groups in total. The van der Waals surface area contributed by atoms with Crippen LogP contribution in [0.4, 0.5) is 4.39 Å². The van der Waals surface area contributed by atoms with E-state index >= 15 is 0 Å². The van der Waals surface area contributed by atoms with Crippen LogP contribution in [-0.4, -0.2) is 0 Å².